The van der Waals surface area contributed by atoms with E-state index in [1.807, 2.05) is 30.3 Å². The van der Waals surface area contributed by atoms with Gasteiger partial charge in [-0.3, -0.25) is 5.41 Å². The highest BCUT2D eigenvalue weighted by atomic mass is 19.1. The van der Waals surface area contributed by atoms with Crippen molar-refractivity contribution in [1.82, 2.24) is 4.98 Å². The monoisotopic (exact) mass is 342 g/mol. The van der Waals surface area contributed by atoms with Crippen molar-refractivity contribution in [1.29, 1.82) is 5.41 Å². The van der Waals surface area contributed by atoms with Gasteiger partial charge in [0.25, 0.3) is 0 Å². The second-order valence-electron chi connectivity index (χ2n) is 6.28. The normalized spacial score (nSPS) is 20.0. The van der Waals surface area contributed by atoms with Crippen LogP contribution in [0.5, 0.6) is 5.88 Å². The number of nitrogen functional groups attached to an aromatic ring is 1. The molecule has 1 heterocycles. The van der Waals surface area contributed by atoms with Crippen LogP contribution in [-0.2, 0) is 6.61 Å². The highest BCUT2D eigenvalue weighted by molar-refractivity contribution is 6.02. The summed E-state index contributed by atoms with van der Waals surface area (Å²) in [5.74, 6) is 0.137. The lowest BCUT2D eigenvalue weighted by atomic mass is 9.93. The van der Waals surface area contributed by atoms with Crippen LogP contribution in [0.15, 0.2) is 42.6 Å². The molecule has 0 bridgehead atoms. The number of anilines is 1. The first-order valence-corrected chi connectivity index (χ1v) is 8.56. The maximum absolute atomic E-state index is 14.1. The van der Waals surface area contributed by atoms with Gasteiger partial charge in [0.05, 0.1) is 11.7 Å². The van der Waals surface area contributed by atoms with Gasteiger partial charge in [0.15, 0.2) is 0 Å². The highest BCUT2D eigenvalue weighted by Crippen LogP contribution is 2.29. The molecule has 1 aromatic heterocycles. The number of ether oxygens (including phenoxy) is 1. The second-order valence-corrected chi connectivity index (χ2v) is 6.28. The molecule has 3 rings (SSSR count). The zero-order valence-electron chi connectivity index (χ0n) is 14.0. The minimum atomic E-state index is -0.893. The van der Waals surface area contributed by atoms with Crippen molar-refractivity contribution in [2.75, 3.05) is 5.32 Å². The van der Waals surface area contributed by atoms with Crippen LogP contribution in [0.4, 0.5) is 10.1 Å². The van der Waals surface area contributed by atoms with Gasteiger partial charge in [-0.15, -0.1) is 0 Å². The Balaban J connectivity index is 1.80. The predicted molar refractivity (Wildman–Crippen MR) is 96.8 cm³/mol. The van der Waals surface area contributed by atoms with Gasteiger partial charge in [-0.05, 0) is 24.5 Å². The molecule has 2 atom stereocenters. The van der Waals surface area contributed by atoms with E-state index in [0.29, 0.717) is 24.3 Å². The molecule has 0 saturated heterocycles. The third kappa shape index (κ3) is 4.26. The van der Waals surface area contributed by atoms with Crippen LogP contribution >= 0.6 is 0 Å². The summed E-state index contributed by atoms with van der Waals surface area (Å²) >= 11 is 0. The first-order chi connectivity index (χ1) is 12.1. The summed E-state index contributed by atoms with van der Waals surface area (Å²) < 4.78 is 19.9. The van der Waals surface area contributed by atoms with Gasteiger partial charge in [0.2, 0.25) is 5.88 Å². The topological polar surface area (TPSA) is 84.0 Å². The van der Waals surface area contributed by atoms with E-state index in [9.17, 15) is 4.39 Å². The molecule has 1 fully saturated rings. The van der Waals surface area contributed by atoms with E-state index in [0.717, 1.165) is 24.8 Å². The number of aromatic nitrogens is 1. The molecule has 132 valence electrons. The number of alkyl halides is 1. The summed E-state index contributed by atoms with van der Waals surface area (Å²) in [6.07, 6.45) is 3.94. The van der Waals surface area contributed by atoms with Gasteiger partial charge in [-0.25, -0.2) is 9.37 Å². The van der Waals surface area contributed by atoms with Crippen molar-refractivity contribution in [2.24, 2.45) is 5.73 Å². The quantitative estimate of drug-likeness (QED) is 0.553. The fourth-order valence-corrected chi connectivity index (χ4v) is 3.11. The van der Waals surface area contributed by atoms with Gasteiger partial charge in [-0.1, -0.05) is 43.2 Å². The number of benzene rings is 1. The van der Waals surface area contributed by atoms with Crippen molar-refractivity contribution in [3.8, 4) is 5.88 Å². The fraction of sp³-hybridized carbons (Fsp3) is 0.368. The number of hydrogen-bond acceptors (Lipinski definition) is 4. The van der Waals surface area contributed by atoms with E-state index in [4.69, 9.17) is 15.9 Å². The molecule has 4 N–H and O–H groups in total. The number of halogens is 1. The highest BCUT2D eigenvalue weighted by Gasteiger charge is 2.26. The number of nitrogens with one attached hydrogen (secondary N) is 2. The second kappa shape index (κ2) is 7.96. The fourth-order valence-electron chi connectivity index (χ4n) is 3.11. The molecule has 1 aliphatic rings. The lowest BCUT2D eigenvalue weighted by Gasteiger charge is -2.28. The lowest BCUT2D eigenvalue weighted by Crippen LogP contribution is -2.34. The lowest BCUT2D eigenvalue weighted by molar-refractivity contribution is 0.230. The van der Waals surface area contributed by atoms with Crippen LogP contribution in [0.2, 0.25) is 0 Å². The predicted octanol–water partition coefficient (Wildman–Crippen LogP) is 3.64. The van der Waals surface area contributed by atoms with E-state index in [2.05, 4.69) is 10.3 Å². The SMILES string of the molecule is N=C(N)c1c(NC2CCCC[C@H]2F)ccnc1OCc1ccccc1. The van der Waals surface area contributed by atoms with Crippen molar-refractivity contribution in [2.45, 2.75) is 44.5 Å². The molecule has 0 aliphatic heterocycles. The molecule has 2 aromatic rings. The molecular weight excluding hydrogens is 319 g/mol. The molecule has 6 heteroatoms. The third-order valence-electron chi connectivity index (χ3n) is 4.43. The first kappa shape index (κ1) is 17.2. The molecule has 0 amide bonds. The van der Waals surface area contributed by atoms with E-state index >= 15 is 0 Å². The molecule has 1 aliphatic carbocycles. The summed E-state index contributed by atoms with van der Waals surface area (Å²) in [5.41, 5.74) is 7.73. The molecule has 0 radical (unpaired) electrons. The van der Waals surface area contributed by atoms with Gasteiger partial charge >= 0.3 is 0 Å². The van der Waals surface area contributed by atoms with Crippen LogP contribution in [-0.4, -0.2) is 23.0 Å². The average molecular weight is 342 g/mol. The maximum Gasteiger partial charge on any atom is 0.226 e. The van der Waals surface area contributed by atoms with Crippen LogP contribution in [0.3, 0.4) is 0 Å². The Morgan fingerprint density at radius 1 is 1.24 bits per heavy atom. The molecule has 1 saturated carbocycles. The number of nitrogens with zero attached hydrogens (tertiary/aromatic N) is 1. The molecule has 25 heavy (non-hydrogen) atoms. The van der Waals surface area contributed by atoms with Crippen LogP contribution in [0.1, 0.15) is 36.8 Å². The Morgan fingerprint density at radius 2 is 2.00 bits per heavy atom. The standard InChI is InChI=1S/C19H23FN4O/c20-14-8-4-5-9-15(14)24-16-10-11-23-19(17(16)18(21)22)25-12-13-6-2-1-3-7-13/h1-3,6-7,10-11,14-15H,4-5,8-9,12H2,(H3,21,22)(H,23,24)/t14-,15?/m1/s1. The van der Waals surface area contributed by atoms with E-state index in [1.165, 1.54) is 0 Å². The van der Waals surface area contributed by atoms with Crippen molar-refractivity contribution < 1.29 is 9.13 Å². The Morgan fingerprint density at radius 3 is 2.72 bits per heavy atom. The molecule has 1 aromatic carbocycles. The van der Waals surface area contributed by atoms with E-state index in [1.54, 1.807) is 12.3 Å². The largest absolute Gasteiger partial charge is 0.472 e. The van der Waals surface area contributed by atoms with Crippen molar-refractivity contribution in [3.63, 3.8) is 0 Å². The van der Waals surface area contributed by atoms with Crippen molar-refractivity contribution >= 4 is 11.5 Å². The molecular formula is C19H23FN4O. The Bertz CT molecular complexity index is 723. The Kier molecular flexibility index (Phi) is 5.48. The number of pyridine rings is 1. The van der Waals surface area contributed by atoms with Gasteiger partial charge in [0, 0.05) is 6.20 Å². The number of nitrogens with two attached hydrogens (primary N) is 1. The summed E-state index contributed by atoms with van der Waals surface area (Å²) in [6.45, 7) is 0.326. The van der Waals surface area contributed by atoms with Gasteiger partial charge in [-0.2, -0.15) is 0 Å². The number of rotatable bonds is 6. The summed E-state index contributed by atoms with van der Waals surface area (Å²) in [4.78, 5) is 4.21. The van der Waals surface area contributed by atoms with E-state index in [-0.39, 0.29) is 17.8 Å². The first-order valence-electron chi connectivity index (χ1n) is 8.56. The van der Waals surface area contributed by atoms with E-state index < -0.39 is 6.17 Å². The van der Waals surface area contributed by atoms with Crippen LogP contribution in [0.25, 0.3) is 0 Å². The minimum absolute atomic E-state index is 0.148. The molecule has 1 unspecified atom stereocenters. The zero-order valence-corrected chi connectivity index (χ0v) is 14.0. The summed E-state index contributed by atoms with van der Waals surface area (Å²) in [7, 11) is 0. The smallest absolute Gasteiger partial charge is 0.226 e. The van der Waals surface area contributed by atoms with Crippen molar-refractivity contribution in [3.05, 3.63) is 53.7 Å². The van der Waals surface area contributed by atoms with Gasteiger partial charge < -0.3 is 15.8 Å². The maximum atomic E-state index is 14.1. The minimum Gasteiger partial charge on any atom is -0.472 e. The molecule has 0 spiro atoms. The number of hydrogen-bond donors (Lipinski definition) is 3. The summed E-state index contributed by atoms with van der Waals surface area (Å²) in [6, 6.07) is 11.1. The Labute approximate surface area is 146 Å². The average Bonchev–Trinajstić information content (AvgIpc) is 2.62. The zero-order chi connectivity index (χ0) is 17.6. The Hall–Kier alpha value is -2.63. The van der Waals surface area contributed by atoms with Gasteiger partial charge in [0.1, 0.15) is 24.2 Å². The number of amidine groups is 1. The van der Waals surface area contributed by atoms with Crippen LogP contribution in [0, 0.1) is 5.41 Å². The molecule has 5 nitrogen and oxygen atoms in total. The summed E-state index contributed by atoms with van der Waals surface area (Å²) in [5, 5.41) is 11.1. The third-order valence-corrected chi connectivity index (χ3v) is 4.43. The van der Waals surface area contributed by atoms with Crippen LogP contribution < -0.4 is 15.8 Å².